The quantitative estimate of drug-likeness (QED) is 0.455. The number of aliphatic imine (C=N–C) groups is 1. The van der Waals surface area contributed by atoms with Crippen LogP contribution in [0.5, 0.6) is 0 Å². The third-order valence-electron chi connectivity index (χ3n) is 5.73. The number of nitrogens with zero attached hydrogens (tertiary/aromatic N) is 3. The molecule has 3 aromatic rings. The average molecular weight is 443 g/mol. The Morgan fingerprint density at radius 1 is 1.23 bits per heavy atom. The van der Waals surface area contributed by atoms with Gasteiger partial charge in [-0.15, -0.1) is 0 Å². The molecule has 1 fully saturated rings. The van der Waals surface area contributed by atoms with Crippen molar-refractivity contribution in [2.75, 3.05) is 7.11 Å². The smallest absolute Gasteiger partial charge is 0.272 e. The number of nitrogens with one attached hydrogen (secondary N) is 1. The van der Waals surface area contributed by atoms with Crippen molar-refractivity contribution in [3.8, 4) is 0 Å². The molecule has 8 heteroatoms. The van der Waals surface area contributed by atoms with Gasteiger partial charge < -0.3 is 10.1 Å². The van der Waals surface area contributed by atoms with Crippen LogP contribution in [0.3, 0.4) is 0 Å². The van der Waals surface area contributed by atoms with E-state index in [2.05, 4.69) is 15.4 Å². The second-order valence-corrected chi connectivity index (χ2v) is 8.17. The van der Waals surface area contributed by atoms with Crippen LogP contribution < -0.4 is 5.32 Å². The number of aryl methyl sites for hydroxylation is 1. The molecule has 1 aliphatic carbocycles. The van der Waals surface area contributed by atoms with Gasteiger partial charge in [-0.25, -0.2) is 9.38 Å². The number of hydrogen-bond acceptors (Lipinski definition) is 4. The summed E-state index contributed by atoms with van der Waals surface area (Å²) in [6, 6.07) is 11.9. The summed E-state index contributed by atoms with van der Waals surface area (Å²) in [4.78, 5) is 17.3. The predicted octanol–water partition coefficient (Wildman–Crippen LogP) is 5.03. The number of para-hydroxylation sites is 1. The lowest BCUT2D eigenvalue weighted by Crippen LogP contribution is -2.39. The van der Waals surface area contributed by atoms with Crippen molar-refractivity contribution in [1.82, 2.24) is 15.1 Å². The largest absolute Gasteiger partial charge is 0.484 e. The minimum Gasteiger partial charge on any atom is -0.484 e. The number of aromatic nitrogens is 2. The highest BCUT2D eigenvalue weighted by atomic mass is 35.5. The molecule has 0 spiro atoms. The van der Waals surface area contributed by atoms with Crippen molar-refractivity contribution < 1.29 is 13.9 Å². The molecule has 31 heavy (non-hydrogen) atoms. The second-order valence-electron chi connectivity index (χ2n) is 7.76. The maximum absolute atomic E-state index is 13.3. The molecule has 0 bridgehead atoms. The van der Waals surface area contributed by atoms with E-state index < -0.39 is 5.82 Å². The lowest BCUT2D eigenvalue weighted by molar-refractivity contribution is 0.0920. The first-order valence-corrected chi connectivity index (χ1v) is 10.6. The number of carbonyl (C=O) groups is 1. The molecule has 0 saturated heterocycles. The Kier molecular flexibility index (Phi) is 6.23. The number of halogens is 2. The van der Waals surface area contributed by atoms with E-state index in [1.54, 1.807) is 17.9 Å². The molecule has 1 amide bonds. The van der Waals surface area contributed by atoms with Gasteiger partial charge in [0.15, 0.2) is 11.6 Å². The van der Waals surface area contributed by atoms with E-state index in [4.69, 9.17) is 16.3 Å². The van der Waals surface area contributed by atoms with Crippen molar-refractivity contribution in [3.05, 3.63) is 59.0 Å². The molecule has 1 N–H and O–H groups in total. The maximum atomic E-state index is 13.3. The lowest BCUT2D eigenvalue weighted by Gasteiger charge is -2.29. The summed E-state index contributed by atoms with van der Waals surface area (Å²) in [5, 5.41) is 8.62. The van der Waals surface area contributed by atoms with Crippen LogP contribution >= 0.6 is 11.6 Å². The number of rotatable bonds is 4. The molecule has 2 aromatic carbocycles. The number of carbonyl (C=O) groups excluding carboxylic acids is 1. The first-order chi connectivity index (χ1) is 15.0. The van der Waals surface area contributed by atoms with Crippen molar-refractivity contribution in [3.63, 3.8) is 0 Å². The minimum atomic E-state index is -0.403. The topological polar surface area (TPSA) is 68.5 Å². The van der Waals surface area contributed by atoms with Gasteiger partial charge in [0, 0.05) is 24.4 Å². The average Bonchev–Trinajstić information content (AvgIpc) is 3.11. The number of methoxy groups -OCH3 is 1. The Labute approximate surface area is 185 Å². The number of benzene rings is 2. The van der Waals surface area contributed by atoms with E-state index in [0.717, 1.165) is 36.6 Å². The summed E-state index contributed by atoms with van der Waals surface area (Å²) < 4.78 is 20.5. The molecule has 0 radical (unpaired) electrons. The van der Waals surface area contributed by atoms with Gasteiger partial charge in [0.2, 0.25) is 0 Å². The molecule has 1 heterocycles. The molecule has 1 aromatic heterocycles. The number of fused-ring (bicyclic) bond motifs is 1. The molecule has 1 saturated carbocycles. The fourth-order valence-electron chi connectivity index (χ4n) is 4.11. The van der Waals surface area contributed by atoms with Crippen molar-refractivity contribution in [2.24, 2.45) is 18.0 Å². The third-order valence-corrected chi connectivity index (χ3v) is 6.04. The zero-order chi connectivity index (χ0) is 22.0. The second kappa shape index (κ2) is 9.06. The fraction of sp³-hybridized carbons (Fsp3) is 0.348. The standard InChI is InChI=1S/C23H24ClFN4O2/c1-29-20-6-4-3-5-17(20)21(28-29)22(30)26-16-10-7-14(8-11-16)23(31-2)27-19-12-9-15(25)13-18(19)24/h3-6,9,12-14,16H,7-8,10-11H2,1-2H3,(H,26,30)/b27-23-/t14-,16-. The highest BCUT2D eigenvalue weighted by Gasteiger charge is 2.28. The van der Waals surface area contributed by atoms with Crippen molar-refractivity contribution in [2.45, 2.75) is 31.7 Å². The molecule has 162 valence electrons. The third kappa shape index (κ3) is 4.56. The van der Waals surface area contributed by atoms with Gasteiger partial charge in [0.1, 0.15) is 5.82 Å². The summed E-state index contributed by atoms with van der Waals surface area (Å²) in [6.45, 7) is 0. The van der Waals surface area contributed by atoms with Gasteiger partial charge in [-0.05, 0) is 49.9 Å². The van der Waals surface area contributed by atoms with Crippen LogP contribution in [0.15, 0.2) is 47.5 Å². The van der Waals surface area contributed by atoms with Crippen LogP contribution in [0.2, 0.25) is 5.02 Å². The van der Waals surface area contributed by atoms with Crippen LogP contribution in [-0.2, 0) is 11.8 Å². The molecule has 0 atom stereocenters. The molecular weight excluding hydrogens is 419 g/mol. The summed E-state index contributed by atoms with van der Waals surface area (Å²) in [7, 11) is 3.42. The highest BCUT2D eigenvalue weighted by molar-refractivity contribution is 6.33. The van der Waals surface area contributed by atoms with Crippen molar-refractivity contribution in [1.29, 1.82) is 0 Å². The van der Waals surface area contributed by atoms with Crippen LogP contribution in [0.4, 0.5) is 10.1 Å². The Hall–Kier alpha value is -2.93. The van der Waals surface area contributed by atoms with Crippen LogP contribution in [0.25, 0.3) is 10.9 Å². The zero-order valence-corrected chi connectivity index (χ0v) is 18.2. The van der Waals surface area contributed by atoms with Gasteiger partial charge in [-0.3, -0.25) is 9.48 Å². The molecule has 0 aliphatic heterocycles. The van der Waals surface area contributed by atoms with E-state index >= 15 is 0 Å². The first-order valence-electron chi connectivity index (χ1n) is 10.3. The van der Waals surface area contributed by atoms with Gasteiger partial charge in [-0.2, -0.15) is 5.10 Å². The van der Waals surface area contributed by atoms with E-state index in [1.807, 2.05) is 31.3 Å². The Bertz CT molecular complexity index is 1140. The Balaban J connectivity index is 1.41. The molecule has 1 aliphatic rings. The highest BCUT2D eigenvalue weighted by Crippen LogP contribution is 2.31. The summed E-state index contributed by atoms with van der Waals surface area (Å²) in [6.07, 6.45) is 3.25. The Morgan fingerprint density at radius 3 is 2.68 bits per heavy atom. The summed E-state index contributed by atoms with van der Waals surface area (Å²) in [5.74, 6) is 0.141. The first kappa shape index (κ1) is 21.3. The van der Waals surface area contributed by atoms with Gasteiger partial charge in [-0.1, -0.05) is 29.8 Å². The molecule has 4 rings (SSSR count). The van der Waals surface area contributed by atoms with Crippen LogP contribution in [0.1, 0.15) is 36.2 Å². The normalized spacial score (nSPS) is 19.4. The van der Waals surface area contributed by atoms with Crippen molar-refractivity contribution >= 4 is 40.0 Å². The SMILES string of the molecule is CO/C(=N\c1ccc(F)cc1Cl)[C@H]1CC[C@H](NC(=O)c2nn(C)c3ccccc23)CC1. The van der Waals surface area contributed by atoms with E-state index in [0.29, 0.717) is 17.3 Å². The number of amides is 1. The molecule has 0 unspecified atom stereocenters. The van der Waals surface area contributed by atoms with E-state index in [9.17, 15) is 9.18 Å². The van der Waals surface area contributed by atoms with Gasteiger partial charge >= 0.3 is 0 Å². The number of hydrogen-bond donors (Lipinski definition) is 1. The lowest BCUT2D eigenvalue weighted by atomic mass is 9.85. The molecular formula is C23H24ClFN4O2. The minimum absolute atomic E-state index is 0.0667. The molecule has 6 nitrogen and oxygen atoms in total. The van der Waals surface area contributed by atoms with Gasteiger partial charge in [0.05, 0.1) is 23.3 Å². The van der Waals surface area contributed by atoms with Crippen LogP contribution in [-0.4, -0.2) is 34.7 Å². The Morgan fingerprint density at radius 2 is 1.97 bits per heavy atom. The predicted molar refractivity (Wildman–Crippen MR) is 119 cm³/mol. The van der Waals surface area contributed by atoms with Crippen LogP contribution in [0, 0.1) is 11.7 Å². The van der Waals surface area contributed by atoms with E-state index in [1.165, 1.54) is 12.1 Å². The van der Waals surface area contributed by atoms with Gasteiger partial charge in [0.25, 0.3) is 5.91 Å². The summed E-state index contributed by atoms with van der Waals surface area (Å²) >= 11 is 6.09. The summed E-state index contributed by atoms with van der Waals surface area (Å²) in [5.41, 5.74) is 1.86. The fourth-order valence-corrected chi connectivity index (χ4v) is 4.32. The monoisotopic (exact) mass is 442 g/mol. The zero-order valence-electron chi connectivity index (χ0n) is 17.4. The van der Waals surface area contributed by atoms with E-state index in [-0.39, 0.29) is 22.9 Å². The maximum Gasteiger partial charge on any atom is 0.272 e. The number of ether oxygens (including phenoxy) is 1.